The van der Waals surface area contributed by atoms with E-state index in [1.165, 1.54) is 30.6 Å². The Hall–Kier alpha value is -2.37. The summed E-state index contributed by atoms with van der Waals surface area (Å²) >= 11 is 0. The molecular weight excluding hydrogens is 330 g/mol. The van der Waals surface area contributed by atoms with E-state index in [0.717, 1.165) is 12.8 Å². The molecule has 0 aromatic heterocycles. The van der Waals surface area contributed by atoms with E-state index in [1.54, 1.807) is 38.4 Å². The maximum atomic E-state index is 12.1. The van der Waals surface area contributed by atoms with Crippen molar-refractivity contribution in [2.24, 2.45) is 0 Å². The number of amides is 3. The third-order valence-electron chi connectivity index (χ3n) is 4.01. The average molecular weight is 361 g/mol. The van der Waals surface area contributed by atoms with Gasteiger partial charge in [-0.05, 0) is 18.6 Å². The van der Waals surface area contributed by atoms with Gasteiger partial charge in [-0.25, -0.2) is 0 Å². The molecule has 0 radical (unpaired) electrons. The molecule has 0 aliphatic rings. The Morgan fingerprint density at radius 1 is 0.923 bits per heavy atom. The van der Waals surface area contributed by atoms with Gasteiger partial charge >= 0.3 is 0 Å². The smallest absolute Gasteiger partial charge is 0.255 e. The molecule has 6 nitrogen and oxygen atoms in total. The first kappa shape index (κ1) is 21.7. The number of hydrogen-bond acceptors (Lipinski definition) is 3. The topological polar surface area (TPSA) is 78.5 Å². The number of nitrogens with one attached hydrogen (secondary N) is 2. The monoisotopic (exact) mass is 361 g/mol. The van der Waals surface area contributed by atoms with Gasteiger partial charge in [-0.2, -0.15) is 0 Å². The highest BCUT2D eigenvalue weighted by molar-refractivity contribution is 6.07. The summed E-state index contributed by atoms with van der Waals surface area (Å²) in [7, 11) is 3.30. The quantitative estimate of drug-likeness (QED) is 0.469. The molecule has 0 aliphatic heterocycles. The van der Waals surface area contributed by atoms with Crippen LogP contribution in [0.2, 0.25) is 0 Å². The second kappa shape index (κ2) is 12.1. The minimum atomic E-state index is -0.426. The largest absolute Gasteiger partial charge is 0.356 e. The van der Waals surface area contributed by atoms with Crippen molar-refractivity contribution in [3.8, 4) is 0 Å². The summed E-state index contributed by atoms with van der Waals surface area (Å²) in [4.78, 5) is 37.5. The van der Waals surface area contributed by atoms with Gasteiger partial charge in [-0.15, -0.1) is 0 Å². The minimum Gasteiger partial charge on any atom is -0.356 e. The molecule has 3 amide bonds. The molecule has 0 atom stereocenters. The Balaban J connectivity index is 2.38. The van der Waals surface area contributed by atoms with Crippen molar-refractivity contribution in [1.82, 2.24) is 10.2 Å². The van der Waals surface area contributed by atoms with E-state index in [-0.39, 0.29) is 18.2 Å². The molecule has 144 valence electrons. The van der Waals surface area contributed by atoms with E-state index in [0.29, 0.717) is 17.8 Å². The van der Waals surface area contributed by atoms with Gasteiger partial charge < -0.3 is 15.5 Å². The summed E-state index contributed by atoms with van der Waals surface area (Å²) in [5.74, 6) is -0.926. The van der Waals surface area contributed by atoms with Crippen LogP contribution < -0.4 is 10.6 Å². The van der Waals surface area contributed by atoms with Crippen LogP contribution in [-0.4, -0.2) is 43.3 Å². The van der Waals surface area contributed by atoms with Gasteiger partial charge in [0, 0.05) is 20.6 Å². The Labute approximate surface area is 156 Å². The highest BCUT2D eigenvalue weighted by Gasteiger charge is 2.16. The summed E-state index contributed by atoms with van der Waals surface area (Å²) in [6.45, 7) is 2.77. The zero-order valence-corrected chi connectivity index (χ0v) is 16.1. The van der Waals surface area contributed by atoms with E-state index in [2.05, 4.69) is 17.6 Å². The maximum Gasteiger partial charge on any atom is 0.255 e. The van der Waals surface area contributed by atoms with Crippen molar-refractivity contribution in [3.05, 3.63) is 29.8 Å². The van der Waals surface area contributed by atoms with Crippen LogP contribution in [0.25, 0.3) is 0 Å². The van der Waals surface area contributed by atoms with Gasteiger partial charge in [0.25, 0.3) is 5.91 Å². The number of carbonyl (C=O) groups is 3. The fraction of sp³-hybridized carbons (Fsp3) is 0.550. The maximum absolute atomic E-state index is 12.1. The first-order valence-electron chi connectivity index (χ1n) is 9.33. The van der Waals surface area contributed by atoms with Gasteiger partial charge in [0.15, 0.2) is 0 Å². The van der Waals surface area contributed by atoms with Crippen LogP contribution in [0.15, 0.2) is 24.3 Å². The lowest BCUT2D eigenvalue weighted by atomic mass is 10.1. The molecule has 6 heteroatoms. The summed E-state index contributed by atoms with van der Waals surface area (Å²) < 4.78 is 0. The standard InChI is InChI=1S/C20H31N3O3/c1-4-5-6-7-8-11-14-21-18(24)15-19(25)22-17-13-10-9-12-16(17)20(26)23(2)3/h9-10,12-13H,4-8,11,14-15H2,1-3H3,(H,21,24)(H,22,25). The first-order valence-corrected chi connectivity index (χ1v) is 9.33. The molecule has 0 unspecified atom stereocenters. The molecule has 0 bridgehead atoms. The zero-order chi connectivity index (χ0) is 19.4. The predicted molar refractivity (Wildman–Crippen MR) is 104 cm³/mol. The molecule has 2 N–H and O–H groups in total. The molecule has 26 heavy (non-hydrogen) atoms. The Kier molecular flexibility index (Phi) is 10.1. The molecule has 0 heterocycles. The van der Waals surface area contributed by atoms with E-state index in [9.17, 15) is 14.4 Å². The summed E-state index contributed by atoms with van der Waals surface area (Å²) in [6, 6.07) is 6.78. The third-order valence-corrected chi connectivity index (χ3v) is 4.01. The lowest BCUT2D eigenvalue weighted by molar-refractivity contribution is -0.126. The summed E-state index contributed by atoms with van der Waals surface area (Å²) in [5, 5.41) is 5.43. The Morgan fingerprint density at radius 2 is 1.58 bits per heavy atom. The van der Waals surface area contributed by atoms with Crippen LogP contribution in [0.4, 0.5) is 5.69 Å². The molecule has 0 aliphatic carbocycles. The zero-order valence-electron chi connectivity index (χ0n) is 16.1. The van der Waals surface area contributed by atoms with Gasteiger partial charge in [0.2, 0.25) is 11.8 Å². The first-order chi connectivity index (χ1) is 12.5. The lowest BCUT2D eigenvalue weighted by Crippen LogP contribution is -2.29. The SMILES string of the molecule is CCCCCCCCNC(=O)CC(=O)Nc1ccccc1C(=O)N(C)C. The molecule has 1 aromatic carbocycles. The molecule has 1 rings (SSSR count). The van der Waals surface area contributed by atoms with Gasteiger partial charge in [0.05, 0.1) is 11.3 Å². The number of rotatable bonds is 11. The van der Waals surface area contributed by atoms with Crippen molar-refractivity contribution in [3.63, 3.8) is 0 Å². The van der Waals surface area contributed by atoms with Crippen molar-refractivity contribution in [2.75, 3.05) is 26.0 Å². The summed E-state index contributed by atoms with van der Waals surface area (Å²) in [5.41, 5.74) is 0.818. The van der Waals surface area contributed by atoms with Gasteiger partial charge in [0.1, 0.15) is 6.42 Å². The van der Waals surface area contributed by atoms with E-state index < -0.39 is 5.91 Å². The molecule has 0 saturated heterocycles. The van der Waals surface area contributed by atoms with Crippen molar-refractivity contribution < 1.29 is 14.4 Å². The van der Waals surface area contributed by atoms with E-state index in [1.807, 2.05) is 0 Å². The fourth-order valence-corrected chi connectivity index (χ4v) is 2.56. The third kappa shape index (κ3) is 8.14. The Morgan fingerprint density at radius 3 is 2.27 bits per heavy atom. The second-order valence-corrected chi connectivity index (χ2v) is 6.59. The van der Waals surface area contributed by atoms with E-state index in [4.69, 9.17) is 0 Å². The molecule has 0 saturated carbocycles. The van der Waals surface area contributed by atoms with Crippen LogP contribution in [0, 0.1) is 0 Å². The van der Waals surface area contributed by atoms with Crippen molar-refractivity contribution in [1.29, 1.82) is 0 Å². The number of carbonyl (C=O) groups excluding carboxylic acids is 3. The van der Waals surface area contributed by atoms with Crippen LogP contribution in [0.3, 0.4) is 0 Å². The summed E-state index contributed by atoms with van der Waals surface area (Å²) in [6.07, 6.45) is 6.66. The molecule has 1 aromatic rings. The van der Waals surface area contributed by atoms with Crippen LogP contribution in [0.1, 0.15) is 62.2 Å². The van der Waals surface area contributed by atoms with Crippen molar-refractivity contribution in [2.45, 2.75) is 51.9 Å². The van der Waals surface area contributed by atoms with E-state index >= 15 is 0 Å². The predicted octanol–water partition coefficient (Wildman–Crippen LogP) is 3.19. The highest BCUT2D eigenvalue weighted by atomic mass is 16.2. The number of benzene rings is 1. The number of unbranched alkanes of at least 4 members (excludes halogenated alkanes) is 5. The normalized spacial score (nSPS) is 10.3. The minimum absolute atomic E-state index is 0.201. The fourth-order valence-electron chi connectivity index (χ4n) is 2.56. The van der Waals surface area contributed by atoms with Gasteiger partial charge in [-0.3, -0.25) is 14.4 Å². The van der Waals surface area contributed by atoms with Gasteiger partial charge in [-0.1, -0.05) is 51.2 Å². The van der Waals surface area contributed by atoms with Crippen LogP contribution in [-0.2, 0) is 9.59 Å². The van der Waals surface area contributed by atoms with Crippen LogP contribution in [0.5, 0.6) is 0 Å². The lowest BCUT2D eigenvalue weighted by Gasteiger charge is -2.14. The Bertz CT molecular complexity index is 600. The highest BCUT2D eigenvalue weighted by Crippen LogP contribution is 2.16. The number of para-hydroxylation sites is 1. The second-order valence-electron chi connectivity index (χ2n) is 6.59. The number of anilines is 1. The van der Waals surface area contributed by atoms with Crippen LogP contribution >= 0.6 is 0 Å². The number of nitrogens with zero attached hydrogens (tertiary/aromatic N) is 1. The molecule has 0 fully saturated rings. The van der Waals surface area contributed by atoms with Crippen molar-refractivity contribution >= 4 is 23.4 Å². The molecular formula is C20H31N3O3. The molecule has 0 spiro atoms. The number of hydrogen-bond donors (Lipinski definition) is 2. The average Bonchev–Trinajstić information content (AvgIpc) is 2.60.